The third kappa shape index (κ3) is 3.35. The molecule has 4 N–H and O–H groups in total. The Bertz CT molecular complexity index is 563. The Morgan fingerprint density at radius 3 is 2.85 bits per heavy atom. The van der Waals surface area contributed by atoms with Crippen molar-refractivity contribution in [2.45, 2.75) is 36.8 Å². The molecule has 1 atom stereocenters. The van der Waals surface area contributed by atoms with Gasteiger partial charge in [0.25, 0.3) is 0 Å². The Morgan fingerprint density at radius 1 is 1.45 bits per heavy atom. The van der Waals surface area contributed by atoms with Crippen LogP contribution in [0.5, 0.6) is 0 Å². The normalized spacial score (nSPS) is 14.3. The van der Waals surface area contributed by atoms with Crippen LogP contribution in [-0.4, -0.2) is 27.4 Å². The van der Waals surface area contributed by atoms with Crippen LogP contribution in [0.25, 0.3) is 10.9 Å². The summed E-state index contributed by atoms with van der Waals surface area (Å²) < 4.78 is 0. The SMILES string of the molecule is CCC(N)(CCCSc1cc2ccccc2[nH]1)C(=O)O. The molecule has 0 bridgehead atoms. The second-order valence-corrected chi connectivity index (χ2v) is 6.12. The van der Waals surface area contributed by atoms with Crippen molar-refractivity contribution < 1.29 is 9.90 Å². The van der Waals surface area contributed by atoms with E-state index < -0.39 is 11.5 Å². The third-order valence-electron chi connectivity index (χ3n) is 3.59. The molecule has 0 aliphatic heterocycles. The van der Waals surface area contributed by atoms with Crippen LogP contribution < -0.4 is 5.73 Å². The predicted molar refractivity (Wildman–Crippen MR) is 83.1 cm³/mol. The molecule has 1 aromatic carbocycles. The van der Waals surface area contributed by atoms with Gasteiger partial charge in [-0.05, 0) is 37.1 Å². The van der Waals surface area contributed by atoms with Crippen molar-refractivity contribution in [3.8, 4) is 0 Å². The minimum Gasteiger partial charge on any atom is -0.480 e. The van der Waals surface area contributed by atoms with Gasteiger partial charge in [-0.1, -0.05) is 25.1 Å². The van der Waals surface area contributed by atoms with E-state index in [1.807, 2.05) is 25.1 Å². The molecular weight excluding hydrogens is 272 g/mol. The predicted octanol–water partition coefficient (Wildman–Crippen LogP) is 3.23. The topological polar surface area (TPSA) is 79.1 Å². The highest BCUT2D eigenvalue weighted by atomic mass is 32.2. The fourth-order valence-electron chi connectivity index (χ4n) is 2.13. The molecule has 5 heteroatoms. The molecule has 108 valence electrons. The zero-order valence-electron chi connectivity index (χ0n) is 11.6. The van der Waals surface area contributed by atoms with E-state index in [0.29, 0.717) is 12.8 Å². The monoisotopic (exact) mass is 292 g/mol. The maximum atomic E-state index is 11.1. The second kappa shape index (κ2) is 6.33. The molecule has 0 fully saturated rings. The zero-order chi connectivity index (χ0) is 14.6. The summed E-state index contributed by atoms with van der Waals surface area (Å²) in [6, 6.07) is 10.3. The number of benzene rings is 1. The van der Waals surface area contributed by atoms with E-state index in [-0.39, 0.29) is 0 Å². The van der Waals surface area contributed by atoms with Crippen molar-refractivity contribution in [3.05, 3.63) is 30.3 Å². The van der Waals surface area contributed by atoms with Crippen molar-refractivity contribution in [2.75, 3.05) is 5.75 Å². The molecule has 4 nitrogen and oxygen atoms in total. The molecule has 2 aromatic rings. The van der Waals surface area contributed by atoms with Gasteiger partial charge in [-0.15, -0.1) is 11.8 Å². The molecule has 0 radical (unpaired) electrons. The fraction of sp³-hybridized carbons (Fsp3) is 0.400. The molecule has 20 heavy (non-hydrogen) atoms. The largest absolute Gasteiger partial charge is 0.480 e. The molecular formula is C15H20N2O2S. The number of carbonyl (C=O) groups is 1. The van der Waals surface area contributed by atoms with Gasteiger partial charge in [0.15, 0.2) is 0 Å². The minimum atomic E-state index is -1.08. The number of fused-ring (bicyclic) bond motifs is 1. The Hall–Kier alpha value is -1.46. The van der Waals surface area contributed by atoms with E-state index in [2.05, 4.69) is 17.1 Å². The van der Waals surface area contributed by atoms with E-state index in [9.17, 15) is 4.79 Å². The number of para-hydroxylation sites is 1. The van der Waals surface area contributed by atoms with E-state index in [4.69, 9.17) is 10.8 Å². The Kier molecular flexibility index (Phi) is 4.73. The first-order valence-electron chi connectivity index (χ1n) is 6.78. The Labute approximate surface area is 122 Å². The van der Waals surface area contributed by atoms with Gasteiger partial charge in [0, 0.05) is 10.9 Å². The molecule has 0 aliphatic carbocycles. The second-order valence-electron chi connectivity index (χ2n) is 4.99. The maximum absolute atomic E-state index is 11.1. The summed E-state index contributed by atoms with van der Waals surface area (Å²) in [5, 5.41) is 11.4. The first-order chi connectivity index (χ1) is 9.55. The van der Waals surface area contributed by atoms with Crippen molar-refractivity contribution in [2.24, 2.45) is 5.73 Å². The third-order valence-corrected chi connectivity index (χ3v) is 4.61. The summed E-state index contributed by atoms with van der Waals surface area (Å²) in [6.45, 7) is 1.82. The van der Waals surface area contributed by atoms with E-state index in [1.54, 1.807) is 11.8 Å². The molecule has 0 saturated carbocycles. The zero-order valence-corrected chi connectivity index (χ0v) is 12.4. The number of rotatable bonds is 7. The van der Waals surface area contributed by atoms with Crippen molar-refractivity contribution in [1.29, 1.82) is 0 Å². The highest BCUT2D eigenvalue weighted by Gasteiger charge is 2.30. The number of thioether (sulfide) groups is 1. The molecule has 1 unspecified atom stereocenters. The number of aromatic amines is 1. The van der Waals surface area contributed by atoms with Gasteiger partial charge in [0.2, 0.25) is 0 Å². The summed E-state index contributed by atoms with van der Waals surface area (Å²) in [7, 11) is 0. The number of nitrogens with one attached hydrogen (secondary N) is 1. The average molecular weight is 292 g/mol. The summed E-state index contributed by atoms with van der Waals surface area (Å²) in [5.41, 5.74) is 5.91. The van der Waals surface area contributed by atoms with Crippen molar-refractivity contribution in [3.63, 3.8) is 0 Å². The molecule has 2 rings (SSSR count). The van der Waals surface area contributed by atoms with Crippen LogP contribution in [0.1, 0.15) is 26.2 Å². The van der Waals surface area contributed by atoms with Crippen LogP contribution in [0.3, 0.4) is 0 Å². The van der Waals surface area contributed by atoms with Gasteiger partial charge in [-0.2, -0.15) is 0 Å². The maximum Gasteiger partial charge on any atom is 0.323 e. The van der Waals surface area contributed by atoms with Gasteiger partial charge < -0.3 is 15.8 Å². The van der Waals surface area contributed by atoms with Gasteiger partial charge in [0.05, 0.1) is 5.03 Å². The van der Waals surface area contributed by atoms with Crippen LogP contribution in [0.4, 0.5) is 0 Å². The lowest BCUT2D eigenvalue weighted by atomic mass is 9.92. The number of H-pyrrole nitrogens is 1. The number of nitrogens with two attached hydrogens (primary N) is 1. The molecule has 0 aliphatic rings. The highest BCUT2D eigenvalue weighted by molar-refractivity contribution is 7.99. The smallest absolute Gasteiger partial charge is 0.323 e. The van der Waals surface area contributed by atoms with E-state index in [0.717, 1.165) is 22.7 Å². The van der Waals surface area contributed by atoms with Gasteiger partial charge in [0.1, 0.15) is 5.54 Å². The van der Waals surface area contributed by atoms with Crippen LogP contribution in [0.15, 0.2) is 35.4 Å². The molecule has 0 saturated heterocycles. The number of carboxylic acids is 1. The fourth-order valence-corrected chi connectivity index (χ4v) is 3.03. The Morgan fingerprint density at radius 2 is 2.20 bits per heavy atom. The number of hydrogen-bond donors (Lipinski definition) is 3. The summed E-state index contributed by atoms with van der Waals surface area (Å²) in [4.78, 5) is 14.4. The average Bonchev–Trinajstić information content (AvgIpc) is 2.85. The first-order valence-corrected chi connectivity index (χ1v) is 7.76. The van der Waals surface area contributed by atoms with E-state index >= 15 is 0 Å². The number of aliphatic carboxylic acids is 1. The number of hydrogen-bond acceptors (Lipinski definition) is 3. The Balaban J connectivity index is 1.85. The molecule has 0 amide bonds. The van der Waals surface area contributed by atoms with Gasteiger partial charge in [-0.25, -0.2) is 0 Å². The lowest BCUT2D eigenvalue weighted by Crippen LogP contribution is -2.47. The van der Waals surface area contributed by atoms with Gasteiger partial charge in [-0.3, -0.25) is 4.79 Å². The minimum absolute atomic E-state index is 0.458. The first kappa shape index (κ1) is 14.9. The van der Waals surface area contributed by atoms with Gasteiger partial charge >= 0.3 is 5.97 Å². The molecule has 1 aromatic heterocycles. The quantitative estimate of drug-likeness (QED) is 0.541. The van der Waals surface area contributed by atoms with Crippen molar-refractivity contribution >= 4 is 28.6 Å². The highest BCUT2D eigenvalue weighted by Crippen LogP contribution is 2.25. The van der Waals surface area contributed by atoms with E-state index in [1.165, 1.54) is 5.39 Å². The standard InChI is InChI=1S/C15H20N2O2S/c1-2-15(16,14(18)19)8-5-9-20-13-10-11-6-3-4-7-12(11)17-13/h3-4,6-7,10,17H,2,5,8-9,16H2,1H3,(H,18,19). The van der Waals surface area contributed by atoms with Crippen LogP contribution in [-0.2, 0) is 4.79 Å². The molecule has 1 heterocycles. The summed E-state index contributed by atoms with van der Waals surface area (Å²) >= 11 is 1.71. The van der Waals surface area contributed by atoms with Crippen LogP contribution in [0, 0.1) is 0 Å². The van der Waals surface area contributed by atoms with Crippen LogP contribution in [0.2, 0.25) is 0 Å². The number of carboxylic acid groups (broad SMARTS) is 1. The molecule has 0 spiro atoms. The van der Waals surface area contributed by atoms with Crippen molar-refractivity contribution in [1.82, 2.24) is 4.98 Å². The lowest BCUT2D eigenvalue weighted by Gasteiger charge is -2.22. The summed E-state index contributed by atoms with van der Waals surface area (Å²) in [5.74, 6) is -0.0467. The summed E-state index contributed by atoms with van der Waals surface area (Å²) in [6.07, 6.45) is 1.75. The lowest BCUT2D eigenvalue weighted by molar-refractivity contribution is -0.143. The number of aromatic nitrogens is 1. The van der Waals surface area contributed by atoms with Crippen LogP contribution >= 0.6 is 11.8 Å².